The minimum Gasteiger partial charge on any atom is -0.352 e. The van der Waals surface area contributed by atoms with Crippen LogP contribution in [0.4, 0.5) is 0 Å². The normalized spacial score (nSPS) is 12.9. The summed E-state index contributed by atoms with van der Waals surface area (Å²) in [5.74, 6) is -0.206. The van der Waals surface area contributed by atoms with E-state index >= 15 is 0 Å². The molecule has 0 spiro atoms. The van der Waals surface area contributed by atoms with E-state index in [9.17, 15) is 14.4 Å². The van der Waals surface area contributed by atoms with Gasteiger partial charge in [-0.3, -0.25) is 19.3 Å². The van der Waals surface area contributed by atoms with Gasteiger partial charge in [0, 0.05) is 12.1 Å². The van der Waals surface area contributed by atoms with Gasteiger partial charge < -0.3 is 5.32 Å². The third-order valence-corrected chi connectivity index (χ3v) is 5.69. The quantitative estimate of drug-likeness (QED) is 0.545. The molecule has 4 rings (SSSR count). The standard InChI is InChI=1S/C27H26N2O3/c1-18(2)15-16-28-25(30)22-12-6-5-11-21(22)20-10-4-3-9-19(20)17-29-26(31)23-13-7-8-14-24(23)27(29)32/h3-14,18H,15-17H2,1-2H3,(H,28,30). The van der Waals surface area contributed by atoms with Crippen molar-refractivity contribution >= 4 is 17.7 Å². The monoisotopic (exact) mass is 426 g/mol. The Morgan fingerprint density at radius 2 is 1.31 bits per heavy atom. The van der Waals surface area contributed by atoms with Gasteiger partial charge in [0.15, 0.2) is 0 Å². The minimum atomic E-state index is -0.292. The van der Waals surface area contributed by atoms with Crippen LogP contribution >= 0.6 is 0 Å². The van der Waals surface area contributed by atoms with Crippen LogP contribution in [0, 0.1) is 5.92 Å². The van der Waals surface area contributed by atoms with Gasteiger partial charge in [0.2, 0.25) is 0 Å². The lowest BCUT2D eigenvalue weighted by molar-refractivity contribution is 0.0642. The zero-order valence-corrected chi connectivity index (χ0v) is 18.3. The van der Waals surface area contributed by atoms with Crippen LogP contribution in [0.15, 0.2) is 72.8 Å². The van der Waals surface area contributed by atoms with Crippen molar-refractivity contribution in [3.05, 3.63) is 95.1 Å². The van der Waals surface area contributed by atoms with E-state index in [0.717, 1.165) is 23.1 Å². The van der Waals surface area contributed by atoms with E-state index in [-0.39, 0.29) is 24.3 Å². The lowest BCUT2D eigenvalue weighted by Gasteiger charge is -2.18. The van der Waals surface area contributed by atoms with Gasteiger partial charge in [-0.05, 0) is 47.2 Å². The third-order valence-electron chi connectivity index (χ3n) is 5.69. The number of amides is 3. The molecule has 0 atom stereocenters. The lowest BCUT2D eigenvalue weighted by atomic mass is 9.94. The van der Waals surface area contributed by atoms with Gasteiger partial charge in [0.25, 0.3) is 17.7 Å². The maximum Gasteiger partial charge on any atom is 0.261 e. The fraction of sp³-hybridized carbons (Fsp3) is 0.222. The fourth-order valence-corrected chi connectivity index (χ4v) is 3.96. The van der Waals surface area contributed by atoms with E-state index in [1.807, 2.05) is 42.5 Å². The second-order valence-electron chi connectivity index (χ2n) is 8.38. The molecular weight excluding hydrogens is 400 g/mol. The van der Waals surface area contributed by atoms with E-state index in [1.165, 1.54) is 4.90 Å². The van der Waals surface area contributed by atoms with Gasteiger partial charge in [-0.15, -0.1) is 0 Å². The molecule has 32 heavy (non-hydrogen) atoms. The van der Waals surface area contributed by atoms with Crippen molar-refractivity contribution in [3.8, 4) is 11.1 Å². The summed E-state index contributed by atoms with van der Waals surface area (Å²) in [5, 5.41) is 3.00. The summed E-state index contributed by atoms with van der Waals surface area (Å²) in [4.78, 5) is 39.9. The summed E-state index contributed by atoms with van der Waals surface area (Å²) in [6.07, 6.45) is 0.907. The third kappa shape index (κ3) is 4.19. The molecule has 0 aromatic heterocycles. The predicted octanol–water partition coefficient (Wildman–Crippen LogP) is 4.93. The number of hydrogen-bond donors (Lipinski definition) is 1. The molecule has 5 nitrogen and oxygen atoms in total. The maximum atomic E-state index is 12.9. The summed E-state index contributed by atoms with van der Waals surface area (Å²) < 4.78 is 0. The van der Waals surface area contributed by atoms with Crippen LogP contribution in [-0.4, -0.2) is 29.2 Å². The van der Waals surface area contributed by atoms with Crippen LogP contribution < -0.4 is 5.32 Å². The van der Waals surface area contributed by atoms with Crippen molar-refractivity contribution < 1.29 is 14.4 Å². The Labute approximate surface area is 188 Å². The average molecular weight is 427 g/mol. The van der Waals surface area contributed by atoms with Gasteiger partial charge in [0.05, 0.1) is 17.7 Å². The summed E-state index contributed by atoms with van der Waals surface area (Å²) in [7, 11) is 0. The highest BCUT2D eigenvalue weighted by atomic mass is 16.2. The highest BCUT2D eigenvalue weighted by Gasteiger charge is 2.35. The highest BCUT2D eigenvalue weighted by Crippen LogP contribution is 2.31. The molecule has 0 aliphatic carbocycles. The number of imide groups is 1. The zero-order chi connectivity index (χ0) is 22.7. The number of nitrogens with zero attached hydrogens (tertiary/aromatic N) is 1. The highest BCUT2D eigenvalue weighted by molar-refractivity contribution is 6.21. The topological polar surface area (TPSA) is 66.5 Å². The molecule has 0 bridgehead atoms. The lowest BCUT2D eigenvalue weighted by Crippen LogP contribution is -2.29. The van der Waals surface area contributed by atoms with Crippen molar-refractivity contribution in [1.29, 1.82) is 0 Å². The van der Waals surface area contributed by atoms with E-state index in [1.54, 1.807) is 30.3 Å². The molecule has 162 valence electrons. The van der Waals surface area contributed by atoms with Gasteiger partial charge in [0.1, 0.15) is 0 Å². The Morgan fingerprint density at radius 3 is 1.94 bits per heavy atom. The second kappa shape index (κ2) is 9.18. The molecule has 0 saturated carbocycles. The van der Waals surface area contributed by atoms with Crippen LogP contribution in [0.3, 0.4) is 0 Å². The SMILES string of the molecule is CC(C)CCNC(=O)c1ccccc1-c1ccccc1CN1C(=O)c2ccccc2C1=O. The Hall–Kier alpha value is -3.73. The van der Waals surface area contributed by atoms with E-state index in [2.05, 4.69) is 19.2 Å². The number of hydrogen-bond acceptors (Lipinski definition) is 3. The van der Waals surface area contributed by atoms with Crippen molar-refractivity contribution in [1.82, 2.24) is 10.2 Å². The number of nitrogens with one attached hydrogen (secondary N) is 1. The second-order valence-corrected chi connectivity index (χ2v) is 8.38. The minimum absolute atomic E-state index is 0.128. The molecule has 1 heterocycles. The van der Waals surface area contributed by atoms with Gasteiger partial charge in [-0.2, -0.15) is 0 Å². The van der Waals surface area contributed by atoms with E-state index in [0.29, 0.717) is 29.2 Å². The number of benzene rings is 3. The first-order valence-electron chi connectivity index (χ1n) is 10.9. The molecule has 0 unspecified atom stereocenters. The summed E-state index contributed by atoms with van der Waals surface area (Å²) >= 11 is 0. The Balaban J connectivity index is 1.64. The van der Waals surface area contributed by atoms with Crippen molar-refractivity contribution in [2.45, 2.75) is 26.8 Å². The fourth-order valence-electron chi connectivity index (χ4n) is 3.96. The molecule has 0 fully saturated rings. The summed E-state index contributed by atoms with van der Waals surface area (Å²) in [6, 6.07) is 21.9. The first-order chi connectivity index (χ1) is 15.5. The molecule has 1 aliphatic heterocycles. The first kappa shape index (κ1) is 21.5. The van der Waals surface area contributed by atoms with Crippen LogP contribution in [0.5, 0.6) is 0 Å². The van der Waals surface area contributed by atoms with Crippen molar-refractivity contribution in [3.63, 3.8) is 0 Å². The smallest absolute Gasteiger partial charge is 0.261 e. The zero-order valence-electron chi connectivity index (χ0n) is 18.3. The van der Waals surface area contributed by atoms with Crippen LogP contribution in [-0.2, 0) is 6.54 Å². The van der Waals surface area contributed by atoms with Crippen LogP contribution in [0.25, 0.3) is 11.1 Å². The Morgan fingerprint density at radius 1 is 0.781 bits per heavy atom. The first-order valence-corrected chi connectivity index (χ1v) is 10.9. The van der Waals surface area contributed by atoms with Crippen molar-refractivity contribution in [2.24, 2.45) is 5.92 Å². The molecule has 3 amide bonds. The molecule has 1 aliphatic rings. The molecule has 1 N–H and O–H groups in total. The summed E-state index contributed by atoms with van der Waals surface area (Å²) in [6.45, 7) is 5.00. The largest absolute Gasteiger partial charge is 0.352 e. The summed E-state index contributed by atoms with van der Waals surface area (Å²) in [5.41, 5.74) is 3.86. The number of carbonyl (C=O) groups is 3. The number of carbonyl (C=O) groups excluding carboxylic acids is 3. The average Bonchev–Trinajstić information content (AvgIpc) is 3.04. The van der Waals surface area contributed by atoms with Gasteiger partial charge in [-0.25, -0.2) is 0 Å². The van der Waals surface area contributed by atoms with Gasteiger partial charge >= 0.3 is 0 Å². The number of rotatable bonds is 7. The number of fused-ring (bicyclic) bond motifs is 1. The van der Waals surface area contributed by atoms with E-state index < -0.39 is 0 Å². The molecule has 0 radical (unpaired) electrons. The molecular formula is C27H26N2O3. The van der Waals surface area contributed by atoms with Crippen LogP contribution in [0.1, 0.15) is 56.9 Å². The van der Waals surface area contributed by atoms with Gasteiger partial charge in [-0.1, -0.05) is 68.4 Å². The van der Waals surface area contributed by atoms with E-state index in [4.69, 9.17) is 0 Å². The molecule has 3 aromatic carbocycles. The Bertz CT molecular complexity index is 1150. The molecule has 3 aromatic rings. The molecule has 5 heteroatoms. The predicted molar refractivity (Wildman–Crippen MR) is 124 cm³/mol. The maximum absolute atomic E-state index is 12.9. The van der Waals surface area contributed by atoms with Crippen molar-refractivity contribution in [2.75, 3.05) is 6.54 Å². The molecule has 0 saturated heterocycles. The van der Waals surface area contributed by atoms with Crippen LogP contribution in [0.2, 0.25) is 0 Å². The Kier molecular flexibility index (Phi) is 6.17.